The second-order valence-corrected chi connectivity index (χ2v) is 8.73. The highest BCUT2D eigenvalue weighted by molar-refractivity contribution is 6.31. The molecule has 0 unspecified atom stereocenters. The number of benzene rings is 2. The van der Waals surface area contributed by atoms with E-state index in [2.05, 4.69) is 20.3 Å². The number of nitro benzene ring substituents is 1. The Bertz CT molecular complexity index is 1500. The van der Waals surface area contributed by atoms with Crippen LogP contribution >= 0.6 is 11.6 Å². The molecule has 1 saturated heterocycles. The Hall–Kier alpha value is -4.12. The van der Waals surface area contributed by atoms with Crippen LogP contribution in [0.1, 0.15) is 40.5 Å². The van der Waals surface area contributed by atoms with Crippen LogP contribution in [-0.4, -0.2) is 53.8 Å². The number of nitrogens with one attached hydrogen (secondary N) is 1. The predicted octanol–water partition coefficient (Wildman–Crippen LogP) is 3.14. The molecule has 1 amide bonds. The van der Waals surface area contributed by atoms with Crippen molar-refractivity contribution in [2.45, 2.75) is 25.3 Å². The van der Waals surface area contributed by atoms with Gasteiger partial charge in [0.15, 0.2) is 11.2 Å². The van der Waals surface area contributed by atoms with Crippen molar-refractivity contribution in [2.75, 3.05) is 13.1 Å². The predicted molar refractivity (Wildman–Crippen MR) is 127 cm³/mol. The van der Waals surface area contributed by atoms with Gasteiger partial charge < -0.3 is 9.88 Å². The van der Waals surface area contributed by atoms with Crippen LogP contribution in [0.3, 0.4) is 0 Å². The molecule has 1 atom stereocenters. The summed E-state index contributed by atoms with van der Waals surface area (Å²) in [6.07, 6.45) is 1.36. The number of likely N-dealkylation sites (tertiary alicyclic amines) is 1. The zero-order chi connectivity index (χ0) is 24.5. The lowest BCUT2D eigenvalue weighted by molar-refractivity contribution is -0.385. The highest BCUT2D eigenvalue weighted by Crippen LogP contribution is 2.28. The number of rotatable bonds is 5. The first-order valence-electron chi connectivity index (χ1n) is 11.0. The molecular formula is C23H20ClN7O4. The summed E-state index contributed by atoms with van der Waals surface area (Å²) in [5.41, 5.74) is 0.635. The quantitative estimate of drug-likeness (QED) is 0.332. The maximum Gasteiger partial charge on any atom is 0.282 e. The summed E-state index contributed by atoms with van der Waals surface area (Å²) in [6, 6.07) is 13.2. The smallest absolute Gasteiger partial charge is 0.282 e. The van der Waals surface area contributed by atoms with E-state index in [1.54, 1.807) is 17.0 Å². The van der Waals surface area contributed by atoms with Crippen molar-refractivity contribution in [1.29, 1.82) is 0 Å². The number of fused-ring (bicyclic) bond motifs is 1. The minimum Gasteiger partial charge on any atom is -0.338 e. The SMILES string of the molecule is O=C(c1ccccc1[N+](=O)[O-])N1CCC[C@@H](c2nc3c(nnn3Cc3ccccc3Cl)c(=O)[nH]2)C1. The first-order valence-corrected chi connectivity index (χ1v) is 11.4. The van der Waals surface area contributed by atoms with E-state index in [9.17, 15) is 19.7 Å². The summed E-state index contributed by atoms with van der Waals surface area (Å²) in [7, 11) is 0. The highest BCUT2D eigenvalue weighted by Gasteiger charge is 2.30. The summed E-state index contributed by atoms with van der Waals surface area (Å²) >= 11 is 6.27. The number of hydrogen-bond donors (Lipinski definition) is 1. The van der Waals surface area contributed by atoms with Crippen molar-refractivity contribution in [2.24, 2.45) is 0 Å². The molecule has 0 bridgehead atoms. The van der Waals surface area contributed by atoms with Gasteiger partial charge in [-0.05, 0) is 30.5 Å². The number of amides is 1. The number of H-pyrrole nitrogens is 1. The van der Waals surface area contributed by atoms with E-state index in [1.807, 2.05) is 18.2 Å². The van der Waals surface area contributed by atoms with E-state index in [0.29, 0.717) is 42.4 Å². The number of para-hydroxylation sites is 1. The van der Waals surface area contributed by atoms with E-state index in [1.165, 1.54) is 22.9 Å². The fourth-order valence-electron chi connectivity index (χ4n) is 4.34. The number of hydrogen-bond acceptors (Lipinski definition) is 7. The van der Waals surface area contributed by atoms with E-state index in [-0.39, 0.29) is 29.2 Å². The summed E-state index contributed by atoms with van der Waals surface area (Å²) in [4.78, 5) is 45.7. The molecule has 3 heterocycles. The minimum absolute atomic E-state index is 0.0390. The first kappa shape index (κ1) is 22.7. The summed E-state index contributed by atoms with van der Waals surface area (Å²) in [5, 5.41) is 20.0. The zero-order valence-electron chi connectivity index (χ0n) is 18.4. The second-order valence-electron chi connectivity index (χ2n) is 8.33. The third-order valence-corrected chi connectivity index (χ3v) is 6.47. The molecule has 11 nitrogen and oxygen atoms in total. The molecule has 1 aliphatic rings. The van der Waals surface area contributed by atoms with Crippen LogP contribution in [0, 0.1) is 10.1 Å². The molecule has 5 rings (SSSR count). The lowest BCUT2D eigenvalue weighted by atomic mass is 9.96. The van der Waals surface area contributed by atoms with Gasteiger partial charge in [0.1, 0.15) is 11.4 Å². The Balaban J connectivity index is 1.44. The number of carbonyl (C=O) groups excluding carboxylic acids is 1. The van der Waals surface area contributed by atoms with E-state index < -0.39 is 16.4 Å². The van der Waals surface area contributed by atoms with Crippen molar-refractivity contribution < 1.29 is 9.72 Å². The van der Waals surface area contributed by atoms with Crippen molar-refractivity contribution in [3.63, 3.8) is 0 Å². The molecule has 35 heavy (non-hydrogen) atoms. The third kappa shape index (κ3) is 4.37. The molecule has 4 aromatic rings. The molecule has 2 aromatic heterocycles. The monoisotopic (exact) mass is 493 g/mol. The lowest BCUT2D eigenvalue weighted by Crippen LogP contribution is -2.40. The molecule has 0 spiro atoms. The average molecular weight is 494 g/mol. The maximum absolute atomic E-state index is 13.1. The normalized spacial score (nSPS) is 15.9. The number of halogens is 1. The van der Waals surface area contributed by atoms with Crippen molar-refractivity contribution >= 4 is 34.4 Å². The van der Waals surface area contributed by atoms with Gasteiger partial charge in [-0.25, -0.2) is 9.67 Å². The van der Waals surface area contributed by atoms with E-state index in [0.717, 1.165) is 5.56 Å². The number of aromatic nitrogens is 5. The van der Waals surface area contributed by atoms with Crippen LogP contribution in [0.2, 0.25) is 5.02 Å². The van der Waals surface area contributed by atoms with Gasteiger partial charge in [0.25, 0.3) is 17.2 Å². The Morgan fingerprint density at radius 1 is 1.20 bits per heavy atom. The Morgan fingerprint density at radius 2 is 1.97 bits per heavy atom. The summed E-state index contributed by atoms with van der Waals surface area (Å²) in [5.74, 6) is -0.252. The van der Waals surface area contributed by atoms with Gasteiger partial charge in [0, 0.05) is 30.1 Å². The molecule has 0 aliphatic carbocycles. The molecule has 0 radical (unpaired) electrons. The fraction of sp³-hybridized carbons (Fsp3) is 0.261. The highest BCUT2D eigenvalue weighted by atomic mass is 35.5. The number of nitrogens with zero attached hydrogens (tertiary/aromatic N) is 6. The number of aromatic amines is 1. The van der Waals surface area contributed by atoms with E-state index in [4.69, 9.17) is 11.6 Å². The fourth-order valence-corrected chi connectivity index (χ4v) is 4.54. The number of nitro groups is 1. The lowest BCUT2D eigenvalue weighted by Gasteiger charge is -2.32. The topological polar surface area (TPSA) is 140 Å². The Morgan fingerprint density at radius 3 is 2.77 bits per heavy atom. The third-order valence-electron chi connectivity index (χ3n) is 6.10. The van der Waals surface area contributed by atoms with Crippen LogP contribution in [0.15, 0.2) is 53.3 Å². The molecule has 2 aromatic carbocycles. The summed E-state index contributed by atoms with van der Waals surface area (Å²) in [6.45, 7) is 1.02. The second kappa shape index (κ2) is 9.26. The van der Waals surface area contributed by atoms with Crippen LogP contribution in [0.4, 0.5) is 5.69 Å². The van der Waals surface area contributed by atoms with Gasteiger partial charge in [0.05, 0.1) is 11.5 Å². The van der Waals surface area contributed by atoms with Gasteiger partial charge in [-0.3, -0.25) is 19.7 Å². The average Bonchev–Trinajstić information content (AvgIpc) is 3.28. The molecule has 178 valence electrons. The van der Waals surface area contributed by atoms with Gasteiger partial charge in [-0.2, -0.15) is 0 Å². The van der Waals surface area contributed by atoms with Gasteiger partial charge in [0.2, 0.25) is 0 Å². The molecule has 1 N–H and O–H groups in total. The first-order chi connectivity index (χ1) is 16.9. The standard InChI is InChI=1S/C23H20ClN7O4/c24-17-9-3-1-6-14(17)13-30-21-19(27-28-30)22(32)26-20(25-21)15-7-5-11-29(12-15)23(33)16-8-2-4-10-18(16)31(34)35/h1-4,6,8-10,15H,5,7,11-13H2,(H,25,26,32)/t15-/m1/s1. The van der Waals surface area contributed by atoms with Crippen molar-refractivity contribution in [1.82, 2.24) is 29.9 Å². The largest absolute Gasteiger partial charge is 0.338 e. The molecule has 0 saturated carbocycles. The summed E-state index contributed by atoms with van der Waals surface area (Å²) < 4.78 is 1.52. The molecule has 12 heteroatoms. The van der Waals surface area contributed by atoms with Gasteiger partial charge in [-0.1, -0.05) is 47.1 Å². The van der Waals surface area contributed by atoms with Crippen LogP contribution in [0.5, 0.6) is 0 Å². The van der Waals surface area contributed by atoms with Crippen LogP contribution < -0.4 is 5.56 Å². The number of carbonyl (C=O) groups is 1. The van der Waals surface area contributed by atoms with Crippen molar-refractivity contribution in [3.05, 3.63) is 91.0 Å². The Labute approximate surface area is 203 Å². The Kier molecular flexibility index (Phi) is 6.00. The van der Waals surface area contributed by atoms with E-state index >= 15 is 0 Å². The van der Waals surface area contributed by atoms with Crippen molar-refractivity contribution in [3.8, 4) is 0 Å². The molecule has 1 aliphatic heterocycles. The molecule has 1 fully saturated rings. The van der Waals surface area contributed by atoms with Crippen LogP contribution in [-0.2, 0) is 6.54 Å². The minimum atomic E-state index is -0.561. The maximum atomic E-state index is 13.1. The zero-order valence-corrected chi connectivity index (χ0v) is 19.2. The van der Waals surface area contributed by atoms with Gasteiger partial charge >= 0.3 is 0 Å². The molecular weight excluding hydrogens is 474 g/mol. The van der Waals surface area contributed by atoms with Crippen LogP contribution in [0.25, 0.3) is 11.2 Å². The number of piperidine rings is 1. The van der Waals surface area contributed by atoms with Gasteiger partial charge in [-0.15, -0.1) is 5.10 Å².